The van der Waals surface area contributed by atoms with Gasteiger partial charge in [-0.25, -0.2) is 4.68 Å². The Hall–Kier alpha value is -1.89. The number of nitrogens with one attached hydrogen (secondary N) is 1. The van der Waals surface area contributed by atoms with Crippen molar-refractivity contribution >= 4 is 23.3 Å². The molecule has 0 radical (unpaired) electrons. The number of hydrogen-bond acceptors (Lipinski definition) is 4. The van der Waals surface area contributed by atoms with Gasteiger partial charge in [-0.15, -0.1) is 0 Å². The Kier molecular flexibility index (Phi) is 6.07. The lowest BCUT2D eigenvalue weighted by molar-refractivity contribution is -0.117. The molecule has 2 N–H and O–H groups in total. The predicted octanol–water partition coefficient (Wildman–Crippen LogP) is 2.23. The predicted molar refractivity (Wildman–Crippen MR) is 97.7 cm³/mol. The molecule has 1 amide bonds. The van der Waals surface area contributed by atoms with Crippen LogP contribution in [0, 0.1) is 5.92 Å². The molecule has 6 nitrogen and oxygen atoms in total. The standard InChI is InChI=1S/C18H23ClN4O2/c19-16-4-2-1-3-15(16)11-23-17(5-8-20-23)21-18(25)12-22-9-6-14(13-24)7-10-22/h1-5,8,14,24H,6-7,9-13H2,(H,21,25). The minimum absolute atomic E-state index is 0.0524. The number of aliphatic hydroxyl groups excluding tert-OH is 1. The zero-order valence-electron chi connectivity index (χ0n) is 14.1. The first-order chi connectivity index (χ1) is 12.2. The third kappa shape index (κ3) is 4.81. The lowest BCUT2D eigenvalue weighted by Gasteiger charge is -2.30. The molecule has 0 spiro atoms. The van der Waals surface area contributed by atoms with Gasteiger partial charge in [0.25, 0.3) is 0 Å². The topological polar surface area (TPSA) is 70.4 Å². The van der Waals surface area contributed by atoms with E-state index >= 15 is 0 Å². The van der Waals surface area contributed by atoms with E-state index in [0.29, 0.717) is 29.8 Å². The number of amides is 1. The highest BCUT2D eigenvalue weighted by Gasteiger charge is 2.20. The monoisotopic (exact) mass is 362 g/mol. The maximum atomic E-state index is 12.3. The van der Waals surface area contributed by atoms with Gasteiger partial charge in [0.05, 0.1) is 19.3 Å². The molecule has 0 saturated carbocycles. The molecule has 1 aromatic carbocycles. The Balaban J connectivity index is 1.56. The van der Waals surface area contributed by atoms with Gasteiger partial charge in [-0.2, -0.15) is 5.10 Å². The molecule has 3 rings (SSSR count). The third-order valence-corrected chi connectivity index (χ3v) is 4.96. The molecular weight excluding hydrogens is 340 g/mol. The lowest BCUT2D eigenvalue weighted by Crippen LogP contribution is -2.40. The van der Waals surface area contributed by atoms with Crippen LogP contribution >= 0.6 is 11.6 Å². The number of aromatic nitrogens is 2. The number of nitrogens with zero attached hydrogens (tertiary/aromatic N) is 3. The SMILES string of the molecule is O=C(CN1CCC(CO)CC1)Nc1ccnn1Cc1ccccc1Cl. The number of carbonyl (C=O) groups excluding carboxylic acids is 1. The average molecular weight is 363 g/mol. The molecule has 25 heavy (non-hydrogen) atoms. The van der Waals surface area contributed by atoms with Crippen LogP contribution in [-0.2, 0) is 11.3 Å². The summed E-state index contributed by atoms with van der Waals surface area (Å²) < 4.78 is 1.73. The van der Waals surface area contributed by atoms with Crippen molar-refractivity contribution in [3.8, 4) is 0 Å². The maximum Gasteiger partial charge on any atom is 0.239 e. The van der Waals surface area contributed by atoms with Crippen LogP contribution < -0.4 is 5.32 Å². The van der Waals surface area contributed by atoms with Crippen molar-refractivity contribution < 1.29 is 9.90 Å². The van der Waals surface area contributed by atoms with E-state index < -0.39 is 0 Å². The first-order valence-corrected chi connectivity index (χ1v) is 8.92. The van der Waals surface area contributed by atoms with Crippen LogP contribution in [-0.4, -0.2) is 51.9 Å². The molecule has 1 aromatic heterocycles. The zero-order valence-corrected chi connectivity index (χ0v) is 14.8. The van der Waals surface area contributed by atoms with Crippen LogP contribution in [0.4, 0.5) is 5.82 Å². The van der Waals surface area contributed by atoms with E-state index in [4.69, 9.17) is 11.6 Å². The molecule has 0 atom stereocenters. The van der Waals surface area contributed by atoms with Crippen molar-refractivity contribution in [3.63, 3.8) is 0 Å². The van der Waals surface area contributed by atoms with Crippen LogP contribution in [0.5, 0.6) is 0 Å². The summed E-state index contributed by atoms with van der Waals surface area (Å²) in [5, 5.41) is 17.1. The summed E-state index contributed by atoms with van der Waals surface area (Å²) in [4.78, 5) is 14.5. The highest BCUT2D eigenvalue weighted by molar-refractivity contribution is 6.31. The first-order valence-electron chi connectivity index (χ1n) is 8.54. The number of carbonyl (C=O) groups is 1. The molecule has 1 aliphatic heterocycles. The second-order valence-electron chi connectivity index (χ2n) is 6.42. The molecule has 0 aliphatic carbocycles. The Bertz CT molecular complexity index is 711. The largest absolute Gasteiger partial charge is 0.396 e. The quantitative estimate of drug-likeness (QED) is 0.826. The highest BCUT2D eigenvalue weighted by atomic mass is 35.5. The van der Waals surface area contributed by atoms with Gasteiger partial charge in [0, 0.05) is 17.7 Å². The van der Waals surface area contributed by atoms with Crippen molar-refractivity contribution in [2.45, 2.75) is 19.4 Å². The smallest absolute Gasteiger partial charge is 0.239 e. The number of rotatable bonds is 6. The Morgan fingerprint density at radius 2 is 2.04 bits per heavy atom. The summed E-state index contributed by atoms with van der Waals surface area (Å²) in [6, 6.07) is 9.39. The van der Waals surface area contributed by atoms with E-state index in [0.717, 1.165) is 31.5 Å². The number of anilines is 1. The van der Waals surface area contributed by atoms with Gasteiger partial charge in [-0.05, 0) is 43.5 Å². The Morgan fingerprint density at radius 1 is 1.28 bits per heavy atom. The van der Waals surface area contributed by atoms with E-state index in [2.05, 4.69) is 15.3 Å². The van der Waals surface area contributed by atoms with Crippen molar-refractivity contribution in [1.82, 2.24) is 14.7 Å². The molecule has 1 aliphatic rings. The number of benzene rings is 1. The van der Waals surface area contributed by atoms with Gasteiger partial charge >= 0.3 is 0 Å². The normalized spacial score (nSPS) is 16.1. The molecule has 1 fully saturated rings. The van der Waals surface area contributed by atoms with Crippen LogP contribution in [0.25, 0.3) is 0 Å². The second-order valence-corrected chi connectivity index (χ2v) is 6.82. The zero-order chi connectivity index (χ0) is 17.6. The van der Waals surface area contributed by atoms with E-state index in [1.807, 2.05) is 24.3 Å². The van der Waals surface area contributed by atoms with Crippen LogP contribution in [0.3, 0.4) is 0 Å². The molecule has 0 bridgehead atoms. The number of halogens is 1. The fourth-order valence-electron chi connectivity index (χ4n) is 3.07. The van der Waals surface area contributed by atoms with Crippen molar-refractivity contribution in [2.75, 3.05) is 31.6 Å². The first kappa shape index (κ1) is 17.9. The van der Waals surface area contributed by atoms with Crippen molar-refractivity contribution in [2.24, 2.45) is 5.92 Å². The summed E-state index contributed by atoms with van der Waals surface area (Å²) in [5.41, 5.74) is 0.953. The van der Waals surface area contributed by atoms with Gasteiger partial charge < -0.3 is 10.4 Å². The summed E-state index contributed by atoms with van der Waals surface area (Å²) in [6.45, 7) is 2.79. The number of hydrogen-bond donors (Lipinski definition) is 2. The number of likely N-dealkylation sites (tertiary alicyclic amines) is 1. The van der Waals surface area contributed by atoms with E-state index in [1.165, 1.54) is 0 Å². The summed E-state index contributed by atoms with van der Waals surface area (Å²) >= 11 is 6.20. The number of aliphatic hydroxyl groups is 1. The van der Waals surface area contributed by atoms with Crippen molar-refractivity contribution in [1.29, 1.82) is 0 Å². The van der Waals surface area contributed by atoms with Gasteiger partial charge in [-0.3, -0.25) is 9.69 Å². The van der Waals surface area contributed by atoms with Gasteiger partial charge in [0.2, 0.25) is 5.91 Å². The minimum atomic E-state index is -0.0524. The van der Waals surface area contributed by atoms with Gasteiger partial charge in [0.1, 0.15) is 5.82 Å². The highest BCUT2D eigenvalue weighted by Crippen LogP contribution is 2.19. The van der Waals surface area contributed by atoms with Crippen LogP contribution in [0.15, 0.2) is 36.5 Å². The second kappa shape index (κ2) is 8.47. The van der Waals surface area contributed by atoms with E-state index in [9.17, 15) is 9.90 Å². The summed E-state index contributed by atoms with van der Waals surface area (Å²) in [5.74, 6) is 0.981. The minimum Gasteiger partial charge on any atom is -0.396 e. The maximum absolute atomic E-state index is 12.3. The van der Waals surface area contributed by atoms with Crippen LogP contribution in [0.1, 0.15) is 18.4 Å². The average Bonchev–Trinajstić information content (AvgIpc) is 3.04. The third-order valence-electron chi connectivity index (χ3n) is 4.59. The molecular formula is C18H23ClN4O2. The fourth-order valence-corrected chi connectivity index (χ4v) is 3.26. The molecule has 134 valence electrons. The molecule has 2 aromatic rings. The van der Waals surface area contributed by atoms with Crippen LogP contribution in [0.2, 0.25) is 5.02 Å². The molecule has 0 unspecified atom stereocenters. The molecule has 7 heteroatoms. The van der Waals surface area contributed by atoms with Gasteiger partial charge in [-0.1, -0.05) is 29.8 Å². The molecule has 2 heterocycles. The lowest BCUT2D eigenvalue weighted by atomic mass is 9.98. The molecule has 1 saturated heterocycles. The Morgan fingerprint density at radius 3 is 2.76 bits per heavy atom. The number of piperidine rings is 1. The van der Waals surface area contributed by atoms with E-state index in [-0.39, 0.29) is 12.5 Å². The fraction of sp³-hybridized carbons (Fsp3) is 0.444. The summed E-state index contributed by atoms with van der Waals surface area (Å²) in [7, 11) is 0. The van der Waals surface area contributed by atoms with Gasteiger partial charge in [0.15, 0.2) is 0 Å². The Labute approximate surface area is 152 Å². The van der Waals surface area contributed by atoms with Crippen molar-refractivity contribution in [3.05, 3.63) is 47.1 Å². The van der Waals surface area contributed by atoms with E-state index in [1.54, 1.807) is 16.9 Å². The summed E-state index contributed by atoms with van der Waals surface area (Å²) in [6.07, 6.45) is 3.54.